The minimum Gasteiger partial charge on any atom is -0.461 e. The second-order valence-electron chi connectivity index (χ2n) is 6.16. The number of benzene rings is 1. The van der Waals surface area contributed by atoms with Crippen molar-refractivity contribution in [1.82, 2.24) is 0 Å². The summed E-state index contributed by atoms with van der Waals surface area (Å²) in [6.07, 6.45) is 1.73. The fourth-order valence-electron chi connectivity index (χ4n) is 3.07. The summed E-state index contributed by atoms with van der Waals surface area (Å²) in [5, 5.41) is 3.49. The maximum absolute atomic E-state index is 12.7. The first-order valence-corrected chi connectivity index (χ1v) is 8.17. The first-order chi connectivity index (χ1) is 12.1. The van der Waals surface area contributed by atoms with Crippen LogP contribution >= 0.6 is 0 Å². The lowest BCUT2D eigenvalue weighted by Crippen LogP contribution is -2.31. The van der Waals surface area contributed by atoms with Crippen LogP contribution in [0.1, 0.15) is 29.7 Å². The van der Waals surface area contributed by atoms with Crippen molar-refractivity contribution in [2.75, 3.05) is 11.9 Å². The number of anilines is 1. The third-order valence-corrected chi connectivity index (χ3v) is 4.44. The van der Waals surface area contributed by atoms with Gasteiger partial charge < -0.3 is 18.9 Å². The van der Waals surface area contributed by atoms with Gasteiger partial charge in [0.1, 0.15) is 11.7 Å². The Morgan fingerprint density at radius 1 is 1.16 bits per heavy atom. The Hall–Kier alpha value is -2.86. The third-order valence-electron chi connectivity index (χ3n) is 4.44. The molecule has 1 amide bonds. The lowest BCUT2D eigenvalue weighted by Gasteiger charge is -2.14. The smallest absolute Gasteiger partial charge is 0.265 e. The Morgan fingerprint density at radius 3 is 2.72 bits per heavy atom. The van der Waals surface area contributed by atoms with Crippen LogP contribution in [0, 0.1) is 5.92 Å². The van der Waals surface area contributed by atoms with Gasteiger partial charge in [0.25, 0.3) is 11.7 Å². The quantitative estimate of drug-likeness (QED) is 0.734. The number of fused-ring (bicyclic) bond motifs is 1. The number of rotatable bonds is 4. The number of furan rings is 2. The summed E-state index contributed by atoms with van der Waals surface area (Å²) in [6, 6.07) is 10.4. The lowest BCUT2D eigenvalue weighted by molar-refractivity contribution is -0.126. The monoisotopic (exact) mass is 339 g/mol. The van der Waals surface area contributed by atoms with Crippen LogP contribution in [0.15, 0.2) is 51.5 Å². The number of ether oxygens (including phenoxy) is 1. The van der Waals surface area contributed by atoms with Crippen LogP contribution in [0.4, 0.5) is 5.69 Å². The maximum atomic E-state index is 12.7. The first kappa shape index (κ1) is 15.7. The van der Waals surface area contributed by atoms with Crippen molar-refractivity contribution in [2.45, 2.75) is 19.4 Å². The summed E-state index contributed by atoms with van der Waals surface area (Å²) in [5.41, 5.74) is 0.873. The second-order valence-corrected chi connectivity index (χ2v) is 6.16. The van der Waals surface area contributed by atoms with Gasteiger partial charge in [0.05, 0.1) is 12.0 Å². The molecule has 2 atom stereocenters. The van der Waals surface area contributed by atoms with Crippen LogP contribution in [-0.2, 0) is 9.53 Å². The number of hydrogen-bond acceptors (Lipinski definition) is 5. The Labute approximate surface area is 143 Å². The fraction of sp³-hybridized carbons (Fsp3) is 0.263. The molecule has 4 rings (SSSR count). The molecule has 1 aromatic carbocycles. The van der Waals surface area contributed by atoms with E-state index in [0.717, 1.165) is 6.42 Å². The molecule has 2 aromatic heterocycles. The molecule has 0 spiro atoms. The van der Waals surface area contributed by atoms with Crippen LogP contribution in [0.2, 0.25) is 0 Å². The molecule has 25 heavy (non-hydrogen) atoms. The number of carbonyl (C=O) groups excluding carboxylic acids is 2. The molecule has 1 aliphatic rings. The van der Waals surface area contributed by atoms with E-state index in [0.29, 0.717) is 23.3 Å². The zero-order valence-corrected chi connectivity index (χ0v) is 13.7. The zero-order chi connectivity index (χ0) is 17.4. The summed E-state index contributed by atoms with van der Waals surface area (Å²) in [6.45, 7) is 2.53. The summed E-state index contributed by atoms with van der Waals surface area (Å²) >= 11 is 0. The van der Waals surface area contributed by atoms with Crippen molar-refractivity contribution in [2.24, 2.45) is 5.92 Å². The van der Waals surface area contributed by atoms with Gasteiger partial charge in [-0.3, -0.25) is 9.59 Å². The summed E-state index contributed by atoms with van der Waals surface area (Å²) in [7, 11) is 0. The molecule has 3 aromatic rings. The van der Waals surface area contributed by atoms with Crippen molar-refractivity contribution in [3.8, 4) is 0 Å². The summed E-state index contributed by atoms with van der Waals surface area (Å²) in [4.78, 5) is 25.3. The van der Waals surface area contributed by atoms with Crippen LogP contribution in [0.3, 0.4) is 0 Å². The predicted octanol–water partition coefficient (Wildman–Crippen LogP) is 3.62. The third kappa shape index (κ3) is 2.74. The molecule has 128 valence electrons. The molecule has 1 saturated heterocycles. The highest BCUT2D eigenvalue weighted by Crippen LogP contribution is 2.33. The predicted molar refractivity (Wildman–Crippen MR) is 90.5 cm³/mol. The van der Waals surface area contributed by atoms with Crippen LogP contribution < -0.4 is 5.32 Å². The SMILES string of the molecule is C[C@@H]1CCO[C@H]1C(=O)Nc1c(C(=O)c2ccco2)oc2ccccc12. The molecule has 1 aliphatic heterocycles. The van der Waals surface area contributed by atoms with Gasteiger partial charge in [-0.25, -0.2) is 0 Å². The first-order valence-electron chi connectivity index (χ1n) is 8.17. The second kappa shape index (κ2) is 6.22. The molecule has 6 nitrogen and oxygen atoms in total. The van der Waals surface area contributed by atoms with Gasteiger partial charge in [-0.2, -0.15) is 0 Å². The Kier molecular flexibility index (Phi) is 3.89. The highest BCUT2D eigenvalue weighted by Gasteiger charge is 2.33. The normalized spacial score (nSPS) is 20.0. The van der Waals surface area contributed by atoms with E-state index in [1.165, 1.54) is 6.26 Å². The molecule has 0 bridgehead atoms. The molecule has 1 fully saturated rings. The molecule has 1 N–H and O–H groups in total. The van der Waals surface area contributed by atoms with Crippen molar-refractivity contribution < 1.29 is 23.2 Å². The summed E-state index contributed by atoms with van der Waals surface area (Å²) in [5.74, 6) is -0.362. The van der Waals surface area contributed by atoms with Crippen LogP contribution in [-0.4, -0.2) is 24.4 Å². The molecule has 0 unspecified atom stereocenters. The molecular formula is C19H17NO5. The van der Waals surface area contributed by atoms with Crippen molar-refractivity contribution in [3.63, 3.8) is 0 Å². The standard InChI is InChI=1S/C19H17NO5/c1-11-8-10-24-17(11)19(22)20-15-12-5-2-3-6-13(12)25-18(15)16(21)14-7-4-9-23-14/h2-7,9,11,17H,8,10H2,1H3,(H,20,22)/t11-,17-/m1/s1. The average Bonchev–Trinajstić information content (AvgIpc) is 3.34. The molecule has 0 saturated carbocycles. The van der Waals surface area contributed by atoms with Gasteiger partial charge in [0.2, 0.25) is 5.76 Å². The van der Waals surface area contributed by atoms with Crippen molar-refractivity contribution in [3.05, 3.63) is 54.2 Å². The number of ketones is 1. The van der Waals surface area contributed by atoms with Gasteiger partial charge >= 0.3 is 0 Å². The van der Waals surface area contributed by atoms with E-state index in [-0.39, 0.29) is 23.3 Å². The van der Waals surface area contributed by atoms with E-state index in [2.05, 4.69) is 5.32 Å². The number of hydrogen-bond donors (Lipinski definition) is 1. The number of carbonyl (C=O) groups is 2. The molecule has 0 aliphatic carbocycles. The van der Waals surface area contributed by atoms with E-state index in [1.54, 1.807) is 30.3 Å². The van der Waals surface area contributed by atoms with Gasteiger partial charge in [-0.1, -0.05) is 19.1 Å². The Morgan fingerprint density at radius 2 is 2.00 bits per heavy atom. The van der Waals surface area contributed by atoms with Crippen LogP contribution in [0.25, 0.3) is 11.0 Å². The Balaban J connectivity index is 1.74. The van der Waals surface area contributed by atoms with E-state index >= 15 is 0 Å². The van der Waals surface area contributed by atoms with Crippen molar-refractivity contribution >= 4 is 28.3 Å². The van der Waals surface area contributed by atoms with E-state index < -0.39 is 11.9 Å². The highest BCUT2D eigenvalue weighted by molar-refractivity contribution is 6.16. The minimum atomic E-state index is -0.528. The molecule has 0 radical (unpaired) electrons. The van der Waals surface area contributed by atoms with Gasteiger partial charge in [-0.15, -0.1) is 0 Å². The lowest BCUT2D eigenvalue weighted by atomic mass is 10.0. The molecular weight excluding hydrogens is 322 g/mol. The van der Waals surface area contributed by atoms with E-state index in [4.69, 9.17) is 13.6 Å². The molecule has 3 heterocycles. The number of nitrogens with one attached hydrogen (secondary N) is 1. The zero-order valence-electron chi connectivity index (χ0n) is 13.7. The Bertz CT molecular complexity index is 925. The maximum Gasteiger partial charge on any atom is 0.265 e. The van der Waals surface area contributed by atoms with E-state index in [1.807, 2.05) is 13.0 Å². The number of para-hydroxylation sites is 1. The van der Waals surface area contributed by atoms with E-state index in [9.17, 15) is 9.59 Å². The van der Waals surface area contributed by atoms with Gasteiger partial charge in [0, 0.05) is 12.0 Å². The van der Waals surface area contributed by atoms with Gasteiger partial charge in [0.15, 0.2) is 5.76 Å². The number of amides is 1. The topological polar surface area (TPSA) is 81.7 Å². The minimum absolute atomic E-state index is 0.0511. The molecule has 6 heteroatoms. The van der Waals surface area contributed by atoms with Crippen molar-refractivity contribution in [1.29, 1.82) is 0 Å². The summed E-state index contributed by atoms with van der Waals surface area (Å²) < 4.78 is 16.4. The highest BCUT2D eigenvalue weighted by atomic mass is 16.5. The van der Waals surface area contributed by atoms with Gasteiger partial charge in [-0.05, 0) is 36.6 Å². The van der Waals surface area contributed by atoms with Crippen LogP contribution in [0.5, 0.6) is 0 Å². The largest absolute Gasteiger partial charge is 0.461 e. The average molecular weight is 339 g/mol. The fourth-order valence-corrected chi connectivity index (χ4v) is 3.07.